The molecule has 0 saturated carbocycles. The zero-order valence-electron chi connectivity index (χ0n) is 35.7. The molecule has 302 valence electrons. The molecule has 0 aliphatic rings. The third kappa shape index (κ3) is 10.1. The minimum absolute atomic E-state index is 0.184. The highest BCUT2D eigenvalue weighted by atomic mass is 31.2. The molecule has 8 heteroatoms. The summed E-state index contributed by atoms with van der Waals surface area (Å²) in [7, 11) is -3.80. The van der Waals surface area contributed by atoms with Gasteiger partial charge in [0, 0.05) is 11.1 Å². The standard InChI is InChI=1S/C50H54F2O4P2/c1-29(2)43-15-13-31(5)25-47(43)53-57(41-21-35(9)19-39(51)27-41)55-49-37(11)17-33(7)23-45(49)46-24-34(8)18-38(12)50(46)56-58(42-22-36(10)20-40(52)28-42)54-48-26-32(6)14-16-44(48)30(3)4/h13-30H,1-12H3. The number of benzene rings is 6. The zero-order valence-corrected chi connectivity index (χ0v) is 37.5. The first kappa shape index (κ1) is 42.8. The van der Waals surface area contributed by atoms with Gasteiger partial charge in [-0.15, -0.1) is 0 Å². The van der Waals surface area contributed by atoms with E-state index < -0.39 is 16.8 Å². The molecule has 0 heterocycles. The van der Waals surface area contributed by atoms with Crippen LogP contribution in [0, 0.1) is 67.0 Å². The summed E-state index contributed by atoms with van der Waals surface area (Å²) in [4.78, 5) is 0. The number of rotatable bonds is 13. The van der Waals surface area contributed by atoms with Crippen molar-refractivity contribution in [2.75, 3.05) is 0 Å². The maximum atomic E-state index is 15.2. The average Bonchev–Trinajstić information content (AvgIpc) is 3.11. The summed E-state index contributed by atoms with van der Waals surface area (Å²) in [6, 6.07) is 30.6. The Balaban J connectivity index is 1.53. The molecule has 0 amide bonds. The molecule has 0 aliphatic heterocycles. The lowest BCUT2D eigenvalue weighted by atomic mass is 9.95. The third-order valence-electron chi connectivity index (χ3n) is 9.90. The highest BCUT2D eigenvalue weighted by Crippen LogP contribution is 2.52. The lowest BCUT2D eigenvalue weighted by Crippen LogP contribution is -2.14. The molecule has 0 fully saturated rings. The van der Waals surface area contributed by atoms with Gasteiger partial charge in [0.2, 0.25) is 0 Å². The molecule has 0 radical (unpaired) electrons. The fourth-order valence-electron chi connectivity index (χ4n) is 7.18. The quantitative estimate of drug-likeness (QED) is 0.109. The number of hydrogen-bond donors (Lipinski definition) is 0. The second kappa shape index (κ2) is 18.0. The van der Waals surface area contributed by atoms with Gasteiger partial charge in [-0.1, -0.05) is 64.1 Å². The molecule has 0 N–H and O–H groups in total. The molecule has 0 aliphatic carbocycles. The smallest absolute Gasteiger partial charge is 0.326 e. The van der Waals surface area contributed by atoms with E-state index in [0.29, 0.717) is 33.6 Å². The molecule has 6 aromatic rings. The van der Waals surface area contributed by atoms with Gasteiger partial charge in [-0.05, 0) is 184 Å². The summed E-state index contributed by atoms with van der Waals surface area (Å²) in [6.07, 6.45) is 0. The van der Waals surface area contributed by atoms with E-state index in [9.17, 15) is 0 Å². The summed E-state index contributed by atoms with van der Waals surface area (Å²) in [5.41, 5.74) is 11.1. The highest BCUT2D eigenvalue weighted by molar-refractivity contribution is 7.57. The lowest BCUT2D eigenvalue weighted by molar-refractivity contribution is 0.490. The molecular weight excluding hydrogens is 764 g/mol. The van der Waals surface area contributed by atoms with Crippen LogP contribution in [0.4, 0.5) is 8.78 Å². The number of hydrogen-bond acceptors (Lipinski definition) is 4. The van der Waals surface area contributed by atoms with E-state index in [-0.39, 0.29) is 23.5 Å². The molecule has 2 unspecified atom stereocenters. The summed E-state index contributed by atoms with van der Waals surface area (Å²) < 4.78 is 58.3. The highest BCUT2D eigenvalue weighted by Gasteiger charge is 2.29. The molecule has 6 rings (SSSR count). The first-order valence-corrected chi connectivity index (χ1v) is 22.1. The monoisotopic (exact) mass is 818 g/mol. The third-order valence-corrected chi connectivity index (χ3v) is 12.7. The van der Waals surface area contributed by atoms with Crippen molar-refractivity contribution in [3.63, 3.8) is 0 Å². The van der Waals surface area contributed by atoms with Gasteiger partial charge in [0.25, 0.3) is 0 Å². The Bertz CT molecular complexity index is 2250. The fourth-order valence-corrected chi connectivity index (χ4v) is 10.2. The first-order chi connectivity index (χ1) is 27.4. The number of aryl methyl sites for hydroxylation is 8. The van der Waals surface area contributed by atoms with E-state index in [0.717, 1.165) is 66.8 Å². The van der Waals surface area contributed by atoms with Crippen molar-refractivity contribution < 1.29 is 26.9 Å². The topological polar surface area (TPSA) is 36.9 Å². The number of halogens is 2. The Labute approximate surface area is 346 Å². The molecule has 0 bridgehead atoms. The van der Waals surface area contributed by atoms with Crippen LogP contribution in [0.2, 0.25) is 0 Å². The van der Waals surface area contributed by atoms with Crippen molar-refractivity contribution in [1.82, 2.24) is 0 Å². The Kier molecular flexibility index (Phi) is 13.3. The minimum atomic E-state index is -1.90. The second-order valence-corrected chi connectivity index (χ2v) is 19.0. The van der Waals surface area contributed by atoms with Crippen LogP contribution in [0.25, 0.3) is 11.1 Å². The molecule has 0 spiro atoms. The molecule has 2 atom stereocenters. The predicted octanol–water partition coefficient (Wildman–Crippen LogP) is 14.5. The van der Waals surface area contributed by atoms with Crippen molar-refractivity contribution in [1.29, 1.82) is 0 Å². The molecular formula is C50H54F2O4P2. The predicted molar refractivity (Wildman–Crippen MR) is 239 cm³/mol. The van der Waals surface area contributed by atoms with E-state index in [4.69, 9.17) is 18.1 Å². The van der Waals surface area contributed by atoms with E-state index in [1.807, 2.05) is 65.8 Å². The van der Waals surface area contributed by atoms with E-state index in [1.165, 1.54) is 24.3 Å². The van der Waals surface area contributed by atoms with Crippen LogP contribution in [0.1, 0.15) is 95.2 Å². The van der Waals surface area contributed by atoms with Crippen molar-refractivity contribution in [2.24, 2.45) is 0 Å². The van der Waals surface area contributed by atoms with Gasteiger partial charge in [0.15, 0.2) is 0 Å². The molecule has 0 aromatic heterocycles. The second-order valence-electron chi connectivity index (χ2n) is 16.2. The van der Waals surface area contributed by atoms with Crippen molar-refractivity contribution >= 4 is 27.4 Å². The Morgan fingerprint density at radius 1 is 0.397 bits per heavy atom. The van der Waals surface area contributed by atoms with Crippen LogP contribution in [0.3, 0.4) is 0 Å². The van der Waals surface area contributed by atoms with Gasteiger partial charge in [0.05, 0.1) is 10.6 Å². The van der Waals surface area contributed by atoms with E-state index in [1.54, 1.807) is 0 Å². The van der Waals surface area contributed by atoms with Crippen LogP contribution in [-0.4, -0.2) is 0 Å². The van der Waals surface area contributed by atoms with Gasteiger partial charge in [-0.3, -0.25) is 0 Å². The molecule has 0 saturated heterocycles. The Morgan fingerprint density at radius 3 is 1.10 bits per heavy atom. The van der Waals surface area contributed by atoms with Crippen LogP contribution in [0.15, 0.2) is 97.1 Å². The van der Waals surface area contributed by atoms with Crippen molar-refractivity contribution in [2.45, 2.75) is 94.9 Å². The maximum absolute atomic E-state index is 15.2. The van der Waals surface area contributed by atoms with Gasteiger partial charge in [-0.2, -0.15) is 0 Å². The van der Waals surface area contributed by atoms with Crippen molar-refractivity contribution in [3.8, 4) is 34.1 Å². The Hall–Kier alpha value is -4.76. The Morgan fingerprint density at radius 2 is 0.759 bits per heavy atom. The maximum Gasteiger partial charge on any atom is 0.326 e. The molecule has 6 aromatic carbocycles. The summed E-state index contributed by atoms with van der Waals surface area (Å²) in [5.74, 6) is 2.25. The van der Waals surface area contributed by atoms with Crippen LogP contribution < -0.4 is 28.7 Å². The summed E-state index contributed by atoms with van der Waals surface area (Å²) in [6.45, 7) is 24.5. The molecule has 4 nitrogen and oxygen atoms in total. The van der Waals surface area contributed by atoms with Gasteiger partial charge in [-0.25, -0.2) is 8.78 Å². The first-order valence-electron chi connectivity index (χ1n) is 19.8. The SMILES string of the molecule is Cc1cc(F)cc(P(Oc2cc(C)ccc2C(C)C)Oc2c(C)cc(C)cc2-c2cc(C)cc(C)c2OP(Oc2cc(C)ccc2C(C)C)c2cc(C)cc(F)c2)c1. The van der Waals surface area contributed by atoms with Gasteiger partial charge >= 0.3 is 16.8 Å². The summed E-state index contributed by atoms with van der Waals surface area (Å²) in [5, 5.41) is 1.23. The molecule has 58 heavy (non-hydrogen) atoms. The largest absolute Gasteiger partial charge is 0.435 e. The van der Waals surface area contributed by atoms with Crippen LogP contribution in [0.5, 0.6) is 23.0 Å². The normalized spacial score (nSPS) is 12.5. The van der Waals surface area contributed by atoms with E-state index in [2.05, 4.69) is 90.1 Å². The average molecular weight is 819 g/mol. The van der Waals surface area contributed by atoms with Gasteiger partial charge < -0.3 is 18.1 Å². The minimum Gasteiger partial charge on any atom is -0.435 e. The summed E-state index contributed by atoms with van der Waals surface area (Å²) >= 11 is 0. The lowest BCUT2D eigenvalue weighted by Gasteiger charge is -2.27. The zero-order chi connectivity index (χ0) is 42.0. The van der Waals surface area contributed by atoms with Gasteiger partial charge in [0.1, 0.15) is 34.6 Å². The van der Waals surface area contributed by atoms with Crippen molar-refractivity contribution in [3.05, 3.63) is 164 Å². The van der Waals surface area contributed by atoms with Crippen LogP contribution >= 0.6 is 16.8 Å². The fraction of sp³-hybridized carbons (Fsp3) is 0.280. The van der Waals surface area contributed by atoms with Crippen LogP contribution in [-0.2, 0) is 0 Å². The van der Waals surface area contributed by atoms with E-state index >= 15 is 8.78 Å².